The summed E-state index contributed by atoms with van der Waals surface area (Å²) in [5.74, 6) is -0.528. The minimum atomic E-state index is -0.652. The van der Waals surface area contributed by atoms with Gasteiger partial charge >= 0.3 is 11.8 Å². The number of ether oxygens (including phenoxy) is 1. The topological polar surface area (TPSA) is 67.4 Å². The number of nitrogens with one attached hydrogen (secondary N) is 2. The van der Waals surface area contributed by atoms with Crippen molar-refractivity contribution in [3.63, 3.8) is 0 Å². The van der Waals surface area contributed by atoms with Crippen LogP contribution in [-0.2, 0) is 15.0 Å². The van der Waals surface area contributed by atoms with Gasteiger partial charge in [-0.3, -0.25) is 9.59 Å². The van der Waals surface area contributed by atoms with E-state index in [1.165, 1.54) is 4.88 Å². The lowest BCUT2D eigenvalue weighted by Gasteiger charge is -2.14. The minimum Gasteiger partial charge on any atom is -0.494 e. The fraction of sp³-hybridized carbons (Fsp3) is 0.333. The third kappa shape index (κ3) is 3.76. The van der Waals surface area contributed by atoms with E-state index in [-0.39, 0.29) is 5.41 Å². The van der Waals surface area contributed by atoms with Crippen LogP contribution in [0.4, 0.5) is 5.69 Å². The van der Waals surface area contributed by atoms with Crippen molar-refractivity contribution in [1.29, 1.82) is 0 Å². The minimum absolute atomic E-state index is 0.0310. The van der Waals surface area contributed by atoms with Crippen LogP contribution < -0.4 is 15.4 Å². The van der Waals surface area contributed by atoms with E-state index in [0.29, 0.717) is 18.8 Å². The summed E-state index contributed by atoms with van der Waals surface area (Å²) in [5.41, 5.74) is 0.599. The highest BCUT2D eigenvalue weighted by Crippen LogP contribution is 2.49. The van der Waals surface area contributed by atoms with Crippen LogP contribution in [0.1, 0.15) is 24.6 Å². The maximum Gasteiger partial charge on any atom is 0.313 e. The molecule has 126 valence electrons. The van der Waals surface area contributed by atoms with Gasteiger partial charge in [0.05, 0.1) is 6.61 Å². The number of hydrogen-bond acceptors (Lipinski definition) is 4. The molecule has 1 aromatic carbocycles. The maximum absolute atomic E-state index is 12.0. The van der Waals surface area contributed by atoms with Crippen LogP contribution in [0.2, 0.25) is 0 Å². The van der Waals surface area contributed by atoms with Crippen molar-refractivity contribution in [3.8, 4) is 5.75 Å². The standard InChI is InChI=1S/C18H20N2O3S/c1-2-23-14-7-5-13(6-8-14)20-17(22)16(21)19-12-18(9-10-18)15-4-3-11-24-15/h3-8,11H,2,9-10,12H2,1H3,(H,19,21)(H,20,22). The molecule has 1 aromatic heterocycles. The lowest BCUT2D eigenvalue weighted by atomic mass is 10.1. The molecule has 2 amide bonds. The van der Waals surface area contributed by atoms with Gasteiger partial charge in [-0.15, -0.1) is 11.3 Å². The second-order valence-corrected chi connectivity index (χ2v) is 6.80. The largest absolute Gasteiger partial charge is 0.494 e. The van der Waals surface area contributed by atoms with Gasteiger partial charge in [-0.05, 0) is 55.5 Å². The van der Waals surface area contributed by atoms with Crippen molar-refractivity contribution < 1.29 is 14.3 Å². The van der Waals surface area contributed by atoms with Gasteiger partial charge in [0, 0.05) is 22.5 Å². The smallest absolute Gasteiger partial charge is 0.313 e. The van der Waals surface area contributed by atoms with Crippen LogP contribution in [0.15, 0.2) is 41.8 Å². The Hall–Kier alpha value is -2.34. The van der Waals surface area contributed by atoms with E-state index in [9.17, 15) is 9.59 Å². The maximum atomic E-state index is 12.0. The number of rotatable bonds is 6. The Morgan fingerprint density at radius 2 is 1.92 bits per heavy atom. The monoisotopic (exact) mass is 344 g/mol. The molecular weight excluding hydrogens is 324 g/mol. The first-order valence-corrected chi connectivity index (χ1v) is 8.87. The zero-order valence-electron chi connectivity index (χ0n) is 13.5. The summed E-state index contributed by atoms with van der Waals surface area (Å²) < 4.78 is 5.34. The second-order valence-electron chi connectivity index (χ2n) is 5.85. The fourth-order valence-electron chi connectivity index (χ4n) is 2.56. The average Bonchev–Trinajstić information content (AvgIpc) is 3.17. The number of thiophene rings is 1. The number of amides is 2. The quantitative estimate of drug-likeness (QED) is 0.792. The molecule has 0 bridgehead atoms. The Bertz CT molecular complexity index is 706. The van der Waals surface area contributed by atoms with Crippen molar-refractivity contribution >= 4 is 28.8 Å². The lowest BCUT2D eigenvalue weighted by molar-refractivity contribution is -0.136. The van der Waals surface area contributed by atoms with Gasteiger partial charge < -0.3 is 15.4 Å². The Balaban J connectivity index is 1.51. The summed E-state index contributed by atoms with van der Waals surface area (Å²) in [5, 5.41) is 7.39. The van der Waals surface area contributed by atoms with Gasteiger partial charge in [0.2, 0.25) is 0 Å². The van der Waals surface area contributed by atoms with Gasteiger partial charge in [-0.1, -0.05) is 6.07 Å². The molecule has 0 radical (unpaired) electrons. The average molecular weight is 344 g/mol. The van der Waals surface area contributed by atoms with Crippen LogP contribution in [0.25, 0.3) is 0 Å². The molecule has 0 spiro atoms. The van der Waals surface area contributed by atoms with Gasteiger partial charge in [-0.25, -0.2) is 0 Å². The van der Waals surface area contributed by atoms with Crippen molar-refractivity contribution in [1.82, 2.24) is 5.32 Å². The van der Waals surface area contributed by atoms with Gasteiger partial charge in [-0.2, -0.15) is 0 Å². The molecule has 2 aromatic rings. The molecule has 0 atom stereocenters. The molecule has 1 fully saturated rings. The first kappa shape index (κ1) is 16.5. The summed E-state index contributed by atoms with van der Waals surface area (Å²) in [6.07, 6.45) is 2.10. The molecule has 0 unspecified atom stereocenters. The molecular formula is C18H20N2O3S. The summed E-state index contributed by atoms with van der Waals surface area (Å²) in [6.45, 7) is 2.99. The van der Waals surface area contributed by atoms with E-state index < -0.39 is 11.8 Å². The van der Waals surface area contributed by atoms with Gasteiger partial charge in [0.15, 0.2) is 0 Å². The normalized spacial score (nSPS) is 14.7. The summed E-state index contributed by atoms with van der Waals surface area (Å²) in [7, 11) is 0. The zero-order chi connectivity index (χ0) is 17.0. The molecule has 1 aliphatic rings. The van der Waals surface area contributed by atoms with Gasteiger partial charge in [0.25, 0.3) is 0 Å². The number of carbonyl (C=O) groups is 2. The van der Waals surface area contributed by atoms with E-state index in [4.69, 9.17) is 4.74 Å². The molecule has 0 aliphatic heterocycles. The predicted octanol–water partition coefficient (Wildman–Crippen LogP) is 2.93. The second kappa shape index (κ2) is 7.05. The van der Waals surface area contributed by atoms with E-state index in [1.54, 1.807) is 35.6 Å². The summed E-state index contributed by atoms with van der Waals surface area (Å²) in [4.78, 5) is 25.3. The lowest BCUT2D eigenvalue weighted by Crippen LogP contribution is -2.39. The molecule has 1 aliphatic carbocycles. The number of carbonyl (C=O) groups excluding carboxylic acids is 2. The Kier molecular flexibility index (Phi) is 4.85. The van der Waals surface area contributed by atoms with Crippen molar-refractivity contribution in [2.24, 2.45) is 0 Å². The molecule has 3 rings (SSSR count). The van der Waals surface area contributed by atoms with Crippen LogP contribution in [0.5, 0.6) is 5.75 Å². The third-order valence-electron chi connectivity index (χ3n) is 4.11. The Morgan fingerprint density at radius 1 is 1.17 bits per heavy atom. The number of benzene rings is 1. The Morgan fingerprint density at radius 3 is 2.50 bits per heavy atom. The van der Waals surface area contributed by atoms with Crippen LogP contribution >= 0.6 is 11.3 Å². The van der Waals surface area contributed by atoms with Crippen LogP contribution in [0, 0.1) is 0 Å². The molecule has 0 saturated heterocycles. The highest BCUT2D eigenvalue weighted by molar-refractivity contribution is 7.10. The molecule has 2 N–H and O–H groups in total. The third-order valence-corrected chi connectivity index (χ3v) is 5.23. The fourth-order valence-corrected chi connectivity index (χ4v) is 3.55. The van der Waals surface area contributed by atoms with E-state index in [2.05, 4.69) is 16.7 Å². The molecule has 5 nitrogen and oxygen atoms in total. The number of anilines is 1. The highest BCUT2D eigenvalue weighted by Gasteiger charge is 2.45. The first-order valence-electron chi connectivity index (χ1n) is 7.99. The SMILES string of the molecule is CCOc1ccc(NC(=O)C(=O)NCC2(c3cccs3)CC2)cc1. The van der Waals surface area contributed by atoms with Crippen molar-refractivity contribution in [2.75, 3.05) is 18.5 Å². The molecule has 6 heteroatoms. The zero-order valence-corrected chi connectivity index (χ0v) is 14.3. The summed E-state index contributed by atoms with van der Waals surface area (Å²) >= 11 is 1.70. The molecule has 1 heterocycles. The molecule has 1 saturated carbocycles. The van der Waals surface area contributed by atoms with Crippen LogP contribution in [-0.4, -0.2) is 25.0 Å². The van der Waals surface area contributed by atoms with E-state index >= 15 is 0 Å². The predicted molar refractivity (Wildman–Crippen MR) is 94.5 cm³/mol. The Labute approximate surface area is 145 Å². The van der Waals surface area contributed by atoms with E-state index in [1.807, 2.05) is 18.4 Å². The van der Waals surface area contributed by atoms with Crippen LogP contribution in [0.3, 0.4) is 0 Å². The van der Waals surface area contributed by atoms with E-state index in [0.717, 1.165) is 18.6 Å². The number of hydrogen-bond donors (Lipinski definition) is 2. The van der Waals surface area contributed by atoms with Crippen molar-refractivity contribution in [3.05, 3.63) is 46.7 Å². The summed E-state index contributed by atoms with van der Waals surface area (Å²) in [6, 6.07) is 11.0. The highest BCUT2D eigenvalue weighted by atomic mass is 32.1. The first-order chi connectivity index (χ1) is 11.6. The van der Waals surface area contributed by atoms with Gasteiger partial charge in [0.1, 0.15) is 5.75 Å². The molecule has 24 heavy (non-hydrogen) atoms. The van der Waals surface area contributed by atoms with Crippen molar-refractivity contribution in [2.45, 2.75) is 25.2 Å².